The van der Waals surface area contributed by atoms with E-state index in [9.17, 15) is 24.8 Å². The third kappa shape index (κ3) is 3.81. The summed E-state index contributed by atoms with van der Waals surface area (Å²) < 4.78 is 5.62. The lowest BCUT2D eigenvalue weighted by atomic mass is 9.75. The molecule has 2 unspecified atom stereocenters. The molecule has 0 saturated heterocycles. The maximum atomic E-state index is 13.0. The predicted molar refractivity (Wildman–Crippen MR) is 101 cm³/mol. The lowest BCUT2D eigenvalue weighted by molar-refractivity contribution is -0.384. The molecule has 3 rings (SSSR count). The summed E-state index contributed by atoms with van der Waals surface area (Å²) in [4.78, 5) is 39.9. The molecule has 0 bridgehead atoms. The Bertz CT molecular complexity index is 882. The Morgan fingerprint density at radius 3 is 2.54 bits per heavy atom. The van der Waals surface area contributed by atoms with Gasteiger partial charge in [-0.1, -0.05) is 12.1 Å². The van der Waals surface area contributed by atoms with Crippen LogP contribution >= 0.6 is 0 Å². The van der Waals surface area contributed by atoms with Gasteiger partial charge in [-0.05, 0) is 45.1 Å². The number of ether oxygens (including phenoxy) is 1. The highest BCUT2D eigenvalue weighted by molar-refractivity contribution is 6.06. The van der Waals surface area contributed by atoms with E-state index in [1.807, 2.05) is 0 Å². The third-order valence-electron chi connectivity index (χ3n) is 5.33. The number of aliphatic carboxylic acids is 1. The lowest BCUT2D eigenvalue weighted by Gasteiger charge is -2.31. The summed E-state index contributed by atoms with van der Waals surface area (Å²) in [6.07, 6.45) is 3.35. The molecule has 0 amide bonds. The number of nitro benzene ring substituents is 1. The van der Waals surface area contributed by atoms with Crippen LogP contribution in [0.25, 0.3) is 0 Å². The average Bonchev–Trinajstić information content (AvgIpc) is 3.13. The molecule has 1 aromatic carbocycles. The number of benzene rings is 1. The molecule has 148 valence electrons. The second-order valence-corrected chi connectivity index (χ2v) is 7.21. The Morgan fingerprint density at radius 1 is 1.25 bits per heavy atom. The van der Waals surface area contributed by atoms with Crippen LogP contribution in [0.5, 0.6) is 0 Å². The first kappa shape index (κ1) is 19.7. The van der Waals surface area contributed by atoms with E-state index in [0.717, 1.165) is 25.7 Å². The molecular weight excluding hydrogens is 364 g/mol. The van der Waals surface area contributed by atoms with Crippen LogP contribution in [0.2, 0.25) is 0 Å². The fourth-order valence-corrected chi connectivity index (χ4v) is 4.04. The first-order valence-electron chi connectivity index (χ1n) is 9.23. The van der Waals surface area contributed by atoms with Gasteiger partial charge in [0.2, 0.25) is 0 Å². The quantitative estimate of drug-likeness (QED) is 0.469. The van der Waals surface area contributed by atoms with E-state index in [1.165, 1.54) is 18.2 Å². The summed E-state index contributed by atoms with van der Waals surface area (Å²) in [5.74, 6) is -3.74. The van der Waals surface area contributed by atoms with Gasteiger partial charge in [-0.15, -0.1) is 0 Å². The fourth-order valence-electron chi connectivity index (χ4n) is 4.04. The lowest BCUT2D eigenvalue weighted by Crippen LogP contribution is -2.36. The predicted octanol–water partition coefficient (Wildman–Crippen LogP) is 3.61. The van der Waals surface area contributed by atoms with Crippen molar-refractivity contribution in [3.8, 4) is 0 Å². The SMILES string of the molecule is CC1=NC(C)=C(C(=O)OC2CCCC2)C(c2cccc([N+](=O)[O-])c2)C1C(=O)O. The minimum atomic E-state index is -1.14. The maximum Gasteiger partial charge on any atom is 0.336 e. The smallest absolute Gasteiger partial charge is 0.336 e. The van der Waals surface area contributed by atoms with Crippen LogP contribution < -0.4 is 0 Å². The number of carboxylic acids is 1. The monoisotopic (exact) mass is 386 g/mol. The highest BCUT2D eigenvalue weighted by Gasteiger charge is 2.42. The summed E-state index contributed by atoms with van der Waals surface area (Å²) in [6, 6.07) is 5.73. The number of hydrogen-bond acceptors (Lipinski definition) is 6. The molecule has 8 nitrogen and oxygen atoms in total. The number of carbonyl (C=O) groups is 2. The molecule has 1 fully saturated rings. The molecule has 1 aliphatic heterocycles. The van der Waals surface area contributed by atoms with Crippen molar-refractivity contribution in [2.24, 2.45) is 10.9 Å². The average molecular weight is 386 g/mol. The van der Waals surface area contributed by atoms with E-state index in [-0.39, 0.29) is 17.4 Å². The summed E-state index contributed by atoms with van der Waals surface area (Å²) >= 11 is 0. The molecule has 0 radical (unpaired) electrons. The largest absolute Gasteiger partial charge is 0.481 e. The van der Waals surface area contributed by atoms with Gasteiger partial charge in [0, 0.05) is 29.5 Å². The molecule has 8 heteroatoms. The summed E-state index contributed by atoms with van der Waals surface area (Å²) in [7, 11) is 0. The zero-order valence-electron chi connectivity index (χ0n) is 15.8. The Labute approximate surface area is 162 Å². The van der Waals surface area contributed by atoms with E-state index >= 15 is 0 Å². The molecule has 28 heavy (non-hydrogen) atoms. The van der Waals surface area contributed by atoms with Crippen LogP contribution in [0.4, 0.5) is 5.69 Å². The molecule has 1 saturated carbocycles. The zero-order valence-corrected chi connectivity index (χ0v) is 15.8. The second-order valence-electron chi connectivity index (χ2n) is 7.21. The summed E-state index contributed by atoms with van der Waals surface area (Å²) in [6.45, 7) is 3.23. The van der Waals surface area contributed by atoms with Crippen molar-refractivity contribution < 1.29 is 24.4 Å². The normalized spacial score (nSPS) is 22.7. The van der Waals surface area contributed by atoms with Crippen LogP contribution in [0.3, 0.4) is 0 Å². The number of carboxylic acid groups (broad SMARTS) is 1. The second kappa shape index (κ2) is 7.92. The molecule has 0 aromatic heterocycles. The van der Waals surface area contributed by atoms with Gasteiger partial charge in [0.25, 0.3) is 5.69 Å². The van der Waals surface area contributed by atoms with Gasteiger partial charge in [0.15, 0.2) is 0 Å². The van der Waals surface area contributed by atoms with Crippen molar-refractivity contribution >= 4 is 23.3 Å². The van der Waals surface area contributed by atoms with Gasteiger partial charge < -0.3 is 9.84 Å². The van der Waals surface area contributed by atoms with Crippen LogP contribution in [0.1, 0.15) is 51.0 Å². The maximum absolute atomic E-state index is 13.0. The number of hydrogen-bond donors (Lipinski definition) is 1. The van der Waals surface area contributed by atoms with Crippen molar-refractivity contribution in [3.05, 3.63) is 51.2 Å². The summed E-state index contributed by atoms with van der Waals surface area (Å²) in [5, 5.41) is 21.0. The molecule has 1 N–H and O–H groups in total. The summed E-state index contributed by atoms with van der Waals surface area (Å²) in [5.41, 5.74) is 1.11. The highest BCUT2D eigenvalue weighted by Crippen LogP contribution is 2.41. The topological polar surface area (TPSA) is 119 Å². The molecule has 2 atom stereocenters. The molecule has 1 aromatic rings. The molecular formula is C20H22N2O6. The molecule has 1 aliphatic carbocycles. The van der Waals surface area contributed by atoms with Gasteiger partial charge >= 0.3 is 11.9 Å². The Morgan fingerprint density at radius 2 is 1.93 bits per heavy atom. The number of rotatable bonds is 5. The Kier molecular flexibility index (Phi) is 5.58. The van der Waals surface area contributed by atoms with Crippen molar-refractivity contribution in [3.63, 3.8) is 0 Å². The van der Waals surface area contributed by atoms with Crippen LogP contribution in [-0.4, -0.2) is 33.8 Å². The minimum Gasteiger partial charge on any atom is -0.481 e. The first-order valence-corrected chi connectivity index (χ1v) is 9.23. The van der Waals surface area contributed by atoms with Gasteiger partial charge in [-0.3, -0.25) is 19.9 Å². The van der Waals surface area contributed by atoms with Crippen molar-refractivity contribution in [1.29, 1.82) is 0 Å². The van der Waals surface area contributed by atoms with Gasteiger partial charge in [-0.2, -0.15) is 0 Å². The number of aliphatic imine (C=N–C) groups is 1. The number of esters is 1. The number of non-ortho nitro benzene ring substituents is 1. The first-order chi connectivity index (χ1) is 13.3. The van der Waals surface area contributed by atoms with E-state index in [2.05, 4.69) is 4.99 Å². The third-order valence-corrected chi connectivity index (χ3v) is 5.33. The standard InChI is InChI=1S/C20H22N2O6/c1-11-16(19(23)24)18(13-6-5-7-14(10-13)22(26)27)17(12(2)21-11)20(25)28-15-8-3-4-9-15/h5-7,10,15-16,18H,3-4,8-9H2,1-2H3,(H,23,24). The Balaban J connectivity index is 2.08. The van der Waals surface area contributed by atoms with E-state index in [0.29, 0.717) is 17.0 Å². The van der Waals surface area contributed by atoms with Crippen molar-refractivity contribution in [2.75, 3.05) is 0 Å². The van der Waals surface area contributed by atoms with E-state index in [1.54, 1.807) is 19.9 Å². The zero-order chi connectivity index (χ0) is 20.4. The number of carbonyl (C=O) groups excluding carboxylic acids is 1. The van der Waals surface area contributed by atoms with Gasteiger partial charge in [0.1, 0.15) is 12.0 Å². The van der Waals surface area contributed by atoms with Crippen LogP contribution in [0, 0.1) is 16.0 Å². The van der Waals surface area contributed by atoms with Gasteiger partial charge in [-0.25, -0.2) is 4.79 Å². The van der Waals surface area contributed by atoms with Gasteiger partial charge in [0.05, 0.1) is 10.5 Å². The fraction of sp³-hybridized carbons (Fsp3) is 0.450. The van der Waals surface area contributed by atoms with E-state index < -0.39 is 28.7 Å². The van der Waals surface area contributed by atoms with Crippen LogP contribution in [-0.2, 0) is 14.3 Å². The number of nitrogens with zero attached hydrogens (tertiary/aromatic N) is 2. The Hall–Kier alpha value is -3.03. The highest BCUT2D eigenvalue weighted by atomic mass is 16.6. The van der Waals surface area contributed by atoms with Crippen LogP contribution in [0.15, 0.2) is 40.5 Å². The minimum absolute atomic E-state index is 0.158. The van der Waals surface area contributed by atoms with Crippen molar-refractivity contribution in [1.82, 2.24) is 0 Å². The molecule has 2 aliphatic rings. The number of allylic oxidation sites excluding steroid dienone is 1. The van der Waals surface area contributed by atoms with Crippen molar-refractivity contribution in [2.45, 2.75) is 51.6 Å². The number of nitro groups is 1. The molecule has 0 spiro atoms. The van der Waals surface area contributed by atoms with E-state index in [4.69, 9.17) is 4.74 Å². The molecule has 1 heterocycles.